The maximum absolute atomic E-state index is 11.9. The molecule has 1 atom stereocenters. The Kier molecular flexibility index (Phi) is 3.89. The van der Waals surface area contributed by atoms with Crippen LogP contribution in [-0.2, 0) is 11.3 Å². The Morgan fingerprint density at radius 3 is 2.86 bits per heavy atom. The number of aliphatic hydroxyl groups excluding tert-OH is 1. The second-order valence-electron chi connectivity index (χ2n) is 5.16. The van der Waals surface area contributed by atoms with Crippen LogP contribution in [0, 0.1) is 0 Å². The molecule has 0 saturated heterocycles. The molecule has 2 heterocycles. The Balaban J connectivity index is 2.25. The van der Waals surface area contributed by atoms with Gasteiger partial charge in [0.2, 0.25) is 5.91 Å². The van der Waals surface area contributed by atoms with Crippen LogP contribution >= 0.6 is 23.2 Å². The Hall–Kier alpha value is -1.56. The summed E-state index contributed by atoms with van der Waals surface area (Å²) in [7, 11) is 1.52. The van der Waals surface area contributed by atoms with Crippen LogP contribution in [0.1, 0.15) is 24.1 Å². The van der Waals surface area contributed by atoms with Crippen LogP contribution < -0.4 is 4.74 Å². The Labute approximate surface area is 137 Å². The maximum Gasteiger partial charge on any atom is 0.249 e. The van der Waals surface area contributed by atoms with Crippen LogP contribution in [0.3, 0.4) is 0 Å². The molecule has 0 unspecified atom stereocenters. The number of aromatic nitrogens is 1. The fraction of sp³-hybridized carbons (Fsp3) is 0.333. The number of hydrogen-bond acceptors (Lipinski definition) is 4. The molecule has 2 aromatic rings. The van der Waals surface area contributed by atoms with Gasteiger partial charge in [0.1, 0.15) is 17.4 Å². The molecule has 1 aliphatic heterocycles. The molecule has 0 spiro atoms. The summed E-state index contributed by atoms with van der Waals surface area (Å²) in [5.41, 5.74) is 2.47. The first-order chi connectivity index (χ1) is 10.5. The van der Waals surface area contributed by atoms with Gasteiger partial charge in [-0.25, -0.2) is 0 Å². The number of methoxy groups -OCH3 is 1. The van der Waals surface area contributed by atoms with Crippen molar-refractivity contribution in [1.82, 2.24) is 9.88 Å². The van der Waals surface area contributed by atoms with Crippen molar-refractivity contribution in [3.63, 3.8) is 0 Å². The first-order valence-corrected chi connectivity index (χ1v) is 7.49. The number of ether oxygens (including phenoxy) is 1. The Morgan fingerprint density at radius 1 is 1.50 bits per heavy atom. The first kappa shape index (κ1) is 15.3. The number of carbonyl (C=O) groups is 1. The lowest BCUT2D eigenvalue weighted by atomic mass is 10.0. The SMILES string of the molecule is COc1cc2c3c(cnc2c(Cl)c1Cl)CN(C(=O)CO)[C@@H]3C. The second-order valence-corrected chi connectivity index (χ2v) is 5.91. The number of amides is 1. The molecule has 1 N–H and O–H groups in total. The average molecular weight is 341 g/mol. The summed E-state index contributed by atoms with van der Waals surface area (Å²) in [6, 6.07) is 1.61. The van der Waals surface area contributed by atoms with Crippen LogP contribution in [0.25, 0.3) is 10.9 Å². The number of nitrogens with zero attached hydrogens (tertiary/aromatic N) is 2. The predicted molar refractivity (Wildman–Crippen MR) is 84.4 cm³/mol. The van der Waals surface area contributed by atoms with Crippen molar-refractivity contribution in [2.45, 2.75) is 19.5 Å². The summed E-state index contributed by atoms with van der Waals surface area (Å²) in [6.07, 6.45) is 1.70. The summed E-state index contributed by atoms with van der Waals surface area (Å²) >= 11 is 12.5. The molecule has 1 aromatic heterocycles. The quantitative estimate of drug-likeness (QED) is 0.912. The van der Waals surface area contributed by atoms with E-state index in [4.69, 9.17) is 33.0 Å². The van der Waals surface area contributed by atoms with Crippen LogP contribution in [0.5, 0.6) is 5.75 Å². The zero-order chi connectivity index (χ0) is 16.0. The van der Waals surface area contributed by atoms with Crippen molar-refractivity contribution in [1.29, 1.82) is 0 Å². The minimum Gasteiger partial charge on any atom is -0.495 e. The Bertz CT molecular complexity index is 779. The number of fused-ring (bicyclic) bond motifs is 3. The van der Waals surface area contributed by atoms with Gasteiger partial charge in [-0.15, -0.1) is 0 Å². The van der Waals surface area contributed by atoms with Crippen molar-refractivity contribution in [3.8, 4) is 5.75 Å². The summed E-state index contributed by atoms with van der Waals surface area (Å²) in [6.45, 7) is 1.81. The lowest BCUT2D eigenvalue weighted by molar-refractivity contribution is -0.136. The van der Waals surface area contributed by atoms with Gasteiger partial charge in [0, 0.05) is 18.1 Å². The number of pyridine rings is 1. The molecule has 0 aliphatic carbocycles. The first-order valence-electron chi connectivity index (χ1n) is 6.73. The van der Waals surface area contributed by atoms with E-state index in [-0.39, 0.29) is 11.9 Å². The molecule has 0 bridgehead atoms. The van der Waals surface area contributed by atoms with E-state index in [1.54, 1.807) is 17.2 Å². The highest BCUT2D eigenvalue weighted by atomic mass is 35.5. The zero-order valence-electron chi connectivity index (χ0n) is 12.1. The van der Waals surface area contributed by atoms with Gasteiger partial charge in [-0.2, -0.15) is 0 Å². The normalized spacial score (nSPS) is 17.0. The van der Waals surface area contributed by atoms with E-state index >= 15 is 0 Å². The van der Waals surface area contributed by atoms with Gasteiger partial charge in [-0.05, 0) is 24.1 Å². The smallest absolute Gasteiger partial charge is 0.249 e. The highest BCUT2D eigenvalue weighted by Gasteiger charge is 2.32. The monoisotopic (exact) mass is 340 g/mol. The summed E-state index contributed by atoms with van der Waals surface area (Å²) < 4.78 is 5.26. The molecular weight excluding hydrogens is 327 g/mol. The fourth-order valence-electron chi connectivity index (χ4n) is 2.95. The Morgan fingerprint density at radius 2 is 2.23 bits per heavy atom. The number of aliphatic hydroxyl groups is 1. The minimum absolute atomic E-state index is 0.179. The highest BCUT2D eigenvalue weighted by Crippen LogP contribution is 2.44. The molecule has 0 fully saturated rings. The lowest BCUT2D eigenvalue weighted by Gasteiger charge is -2.21. The molecule has 5 nitrogen and oxygen atoms in total. The van der Waals surface area contributed by atoms with Crippen molar-refractivity contribution in [2.75, 3.05) is 13.7 Å². The fourth-order valence-corrected chi connectivity index (χ4v) is 3.41. The van der Waals surface area contributed by atoms with Crippen molar-refractivity contribution in [3.05, 3.63) is 33.4 Å². The van der Waals surface area contributed by atoms with E-state index in [0.29, 0.717) is 27.9 Å². The van der Waals surface area contributed by atoms with Gasteiger partial charge in [-0.1, -0.05) is 23.2 Å². The number of halogens is 2. The third kappa shape index (κ3) is 2.12. The van der Waals surface area contributed by atoms with Gasteiger partial charge in [0.05, 0.1) is 23.7 Å². The zero-order valence-corrected chi connectivity index (χ0v) is 13.6. The maximum atomic E-state index is 11.9. The van der Waals surface area contributed by atoms with E-state index in [1.165, 1.54) is 7.11 Å². The van der Waals surface area contributed by atoms with Crippen LogP contribution in [0.4, 0.5) is 0 Å². The molecule has 1 aromatic carbocycles. The van der Waals surface area contributed by atoms with Gasteiger partial charge in [0.15, 0.2) is 0 Å². The van der Waals surface area contributed by atoms with Gasteiger partial charge in [-0.3, -0.25) is 9.78 Å². The van der Waals surface area contributed by atoms with E-state index in [0.717, 1.165) is 16.5 Å². The largest absolute Gasteiger partial charge is 0.495 e. The molecule has 22 heavy (non-hydrogen) atoms. The number of hydrogen-bond donors (Lipinski definition) is 1. The molecule has 1 aliphatic rings. The molecule has 7 heteroatoms. The van der Waals surface area contributed by atoms with Crippen LogP contribution in [0.2, 0.25) is 10.0 Å². The summed E-state index contributed by atoms with van der Waals surface area (Å²) in [4.78, 5) is 17.8. The van der Waals surface area contributed by atoms with Crippen molar-refractivity contribution >= 4 is 40.0 Å². The second kappa shape index (κ2) is 5.57. The van der Waals surface area contributed by atoms with Crippen LogP contribution in [-0.4, -0.2) is 34.6 Å². The van der Waals surface area contributed by atoms with Crippen molar-refractivity contribution < 1.29 is 14.6 Å². The van der Waals surface area contributed by atoms with E-state index in [2.05, 4.69) is 4.98 Å². The third-order valence-electron chi connectivity index (χ3n) is 4.03. The number of rotatable bonds is 2. The molecule has 1 amide bonds. The predicted octanol–water partition coefficient (Wildman–Crippen LogP) is 2.95. The molecule has 116 valence electrons. The molecule has 0 saturated carbocycles. The van der Waals surface area contributed by atoms with Gasteiger partial charge in [0.25, 0.3) is 0 Å². The van der Waals surface area contributed by atoms with Crippen LogP contribution in [0.15, 0.2) is 12.3 Å². The van der Waals surface area contributed by atoms with Crippen molar-refractivity contribution in [2.24, 2.45) is 0 Å². The molecular formula is C15H14Cl2N2O3. The number of carbonyl (C=O) groups excluding carboxylic acids is 1. The summed E-state index contributed by atoms with van der Waals surface area (Å²) in [5, 5.41) is 10.6. The third-order valence-corrected chi connectivity index (χ3v) is 4.87. The summed E-state index contributed by atoms with van der Waals surface area (Å²) in [5.74, 6) is 0.150. The highest BCUT2D eigenvalue weighted by molar-refractivity contribution is 6.46. The molecule has 3 rings (SSSR count). The topological polar surface area (TPSA) is 62.7 Å². The molecule has 0 radical (unpaired) electrons. The number of benzene rings is 1. The van der Waals surface area contributed by atoms with Gasteiger partial charge >= 0.3 is 0 Å². The van der Waals surface area contributed by atoms with Gasteiger partial charge < -0.3 is 14.7 Å². The van der Waals surface area contributed by atoms with E-state index < -0.39 is 6.61 Å². The van der Waals surface area contributed by atoms with E-state index in [1.807, 2.05) is 6.92 Å². The lowest BCUT2D eigenvalue weighted by Crippen LogP contribution is -2.30. The van der Waals surface area contributed by atoms with E-state index in [9.17, 15) is 4.79 Å². The minimum atomic E-state index is -0.514. The average Bonchev–Trinajstić information content (AvgIpc) is 2.87. The standard InChI is InChI=1S/C15H14Cl2N2O3/c1-7-12-8(5-19(7)11(21)6-20)4-18-15-9(12)3-10(22-2)13(16)14(15)17/h3-4,7,20H,5-6H2,1-2H3/t7-/m1/s1.